The van der Waals surface area contributed by atoms with Crippen molar-refractivity contribution in [1.29, 1.82) is 0 Å². The Hall–Kier alpha value is -3.21. The van der Waals surface area contributed by atoms with Crippen LogP contribution >= 0.6 is 0 Å². The highest BCUT2D eigenvalue weighted by molar-refractivity contribution is 6.07. The second-order valence-electron chi connectivity index (χ2n) is 7.33. The van der Waals surface area contributed by atoms with Crippen molar-refractivity contribution in [2.45, 2.75) is 25.8 Å². The molecule has 2 saturated heterocycles. The predicted molar refractivity (Wildman–Crippen MR) is 104 cm³/mol. The number of hydrazine groups is 1. The van der Waals surface area contributed by atoms with Crippen molar-refractivity contribution in [3.05, 3.63) is 34.4 Å². The third kappa shape index (κ3) is 4.29. The third-order valence-electron chi connectivity index (χ3n) is 5.37. The number of anilines is 1. The van der Waals surface area contributed by atoms with Crippen LogP contribution in [0.25, 0.3) is 0 Å². The molecule has 2 N–H and O–H groups in total. The van der Waals surface area contributed by atoms with Crippen LogP contribution in [0.5, 0.6) is 0 Å². The van der Waals surface area contributed by atoms with Gasteiger partial charge in [0.25, 0.3) is 17.5 Å². The minimum atomic E-state index is -0.999. The minimum Gasteiger partial charge on any atom is -0.369 e. The van der Waals surface area contributed by atoms with E-state index in [1.54, 1.807) is 26.0 Å². The molecule has 2 aliphatic heterocycles. The van der Waals surface area contributed by atoms with Crippen LogP contribution in [0, 0.1) is 10.1 Å². The molecule has 1 aromatic carbocycles. The number of hydrogen-bond acceptors (Lipinski definition) is 7. The fourth-order valence-corrected chi connectivity index (χ4v) is 3.34. The first-order chi connectivity index (χ1) is 13.7. The topological polar surface area (TPSA) is 128 Å². The zero-order valence-electron chi connectivity index (χ0n) is 16.4. The van der Waals surface area contributed by atoms with Crippen molar-refractivity contribution in [2.75, 3.05) is 37.6 Å². The number of nitrogens with zero attached hydrogens (tertiary/aromatic N) is 4. The van der Waals surface area contributed by atoms with Gasteiger partial charge in [0.05, 0.1) is 11.5 Å². The Morgan fingerprint density at radius 3 is 2.34 bits per heavy atom. The predicted octanol–water partition coefficient (Wildman–Crippen LogP) is 0.469. The van der Waals surface area contributed by atoms with E-state index in [1.165, 1.54) is 12.1 Å². The Labute approximate surface area is 167 Å². The summed E-state index contributed by atoms with van der Waals surface area (Å²) in [5.74, 6) is -0.904. The number of nitro benzene ring substituents is 1. The summed E-state index contributed by atoms with van der Waals surface area (Å²) in [5, 5.41) is 14.1. The summed E-state index contributed by atoms with van der Waals surface area (Å²) in [6.45, 7) is 6.00. The van der Waals surface area contributed by atoms with Crippen LogP contribution in [0.1, 0.15) is 20.3 Å². The molecule has 4 amide bonds. The molecule has 3 rings (SSSR count). The standard InChI is InChI=1S/C18H24N6O5/c1-3-18(2)16(26)23(17(27)19-18)20-15(25)12-21-8-10-22(11-9-21)13-4-6-14(7-5-13)24(28)29/h4-7H,3,8-12H2,1-2H3,(H,19,27)(H,20,25). The van der Waals surface area contributed by atoms with Crippen molar-refractivity contribution in [2.24, 2.45) is 0 Å². The highest BCUT2D eigenvalue weighted by atomic mass is 16.6. The van der Waals surface area contributed by atoms with Crippen LogP contribution in [-0.4, -0.2) is 70.9 Å². The Balaban J connectivity index is 1.49. The number of non-ortho nitro benzene ring substituents is 1. The Kier molecular flexibility index (Phi) is 5.69. The highest BCUT2D eigenvalue weighted by Crippen LogP contribution is 2.21. The lowest BCUT2D eigenvalue weighted by molar-refractivity contribution is -0.384. The maximum atomic E-state index is 12.3. The summed E-state index contributed by atoms with van der Waals surface area (Å²) in [4.78, 5) is 50.9. The van der Waals surface area contributed by atoms with Crippen molar-refractivity contribution in [3.63, 3.8) is 0 Å². The van der Waals surface area contributed by atoms with Crippen molar-refractivity contribution >= 4 is 29.2 Å². The fraction of sp³-hybridized carbons (Fsp3) is 0.500. The van der Waals surface area contributed by atoms with Crippen molar-refractivity contribution in [3.8, 4) is 0 Å². The van der Waals surface area contributed by atoms with Crippen LogP contribution in [0.15, 0.2) is 24.3 Å². The molecule has 29 heavy (non-hydrogen) atoms. The molecule has 0 spiro atoms. The van der Waals surface area contributed by atoms with Crippen LogP contribution in [-0.2, 0) is 9.59 Å². The molecule has 1 aromatic rings. The molecule has 11 nitrogen and oxygen atoms in total. The van der Waals surface area contributed by atoms with Gasteiger partial charge in [-0.1, -0.05) is 6.92 Å². The Bertz CT molecular complexity index is 821. The van der Waals surface area contributed by atoms with E-state index in [-0.39, 0.29) is 12.2 Å². The quantitative estimate of drug-likeness (QED) is 0.401. The van der Waals surface area contributed by atoms with Gasteiger partial charge < -0.3 is 10.2 Å². The number of urea groups is 1. The third-order valence-corrected chi connectivity index (χ3v) is 5.37. The molecule has 1 unspecified atom stereocenters. The number of amides is 4. The van der Waals surface area contributed by atoms with Gasteiger partial charge in [0.15, 0.2) is 0 Å². The number of benzene rings is 1. The number of nitro groups is 1. The molecule has 0 bridgehead atoms. The van der Waals surface area contributed by atoms with Gasteiger partial charge in [0.1, 0.15) is 5.54 Å². The summed E-state index contributed by atoms with van der Waals surface area (Å²) >= 11 is 0. The molecule has 2 heterocycles. The highest BCUT2D eigenvalue weighted by Gasteiger charge is 2.47. The number of piperazine rings is 1. The number of carbonyl (C=O) groups is 3. The molecule has 11 heteroatoms. The monoisotopic (exact) mass is 404 g/mol. The molecule has 2 aliphatic rings. The van der Waals surface area contributed by atoms with E-state index in [9.17, 15) is 24.5 Å². The first-order valence-corrected chi connectivity index (χ1v) is 9.41. The van der Waals surface area contributed by atoms with Gasteiger partial charge >= 0.3 is 6.03 Å². The zero-order valence-corrected chi connectivity index (χ0v) is 16.4. The van der Waals surface area contributed by atoms with E-state index < -0.39 is 28.3 Å². The van der Waals surface area contributed by atoms with Crippen molar-refractivity contribution in [1.82, 2.24) is 20.7 Å². The van der Waals surface area contributed by atoms with E-state index in [2.05, 4.69) is 15.6 Å². The SMILES string of the molecule is CCC1(C)NC(=O)N(NC(=O)CN2CCN(c3ccc([N+](=O)[O-])cc3)CC2)C1=O. The van der Waals surface area contributed by atoms with Gasteiger partial charge in [-0.15, -0.1) is 0 Å². The lowest BCUT2D eigenvalue weighted by atomic mass is 10.00. The number of rotatable bonds is 6. The molecule has 1 atom stereocenters. The molecule has 0 aromatic heterocycles. The molecule has 0 aliphatic carbocycles. The van der Waals surface area contributed by atoms with E-state index in [0.29, 0.717) is 32.6 Å². The van der Waals surface area contributed by atoms with Crippen LogP contribution < -0.4 is 15.6 Å². The Morgan fingerprint density at radius 1 is 1.21 bits per heavy atom. The Morgan fingerprint density at radius 2 is 1.83 bits per heavy atom. The second kappa shape index (κ2) is 8.03. The summed E-state index contributed by atoms with van der Waals surface area (Å²) in [6, 6.07) is 5.73. The summed E-state index contributed by atoms with van der Waals surface area (Å²) in [6.07, 6.45) is 0.425. The van der Waals surface area contributed by atoms with Gasteiger partial charge in [-0.2, -0.15) is 5.01 Å². The largest absolute Gasteiger partial charge is 0.369 e. The lowest BCUT2D eigenvalue weighted by Gasteiger charge is -2.35. The number of nitrogens with one attached hydrogen (secondary N) is 2. The van der Waals surface area contributed by atoms with Gasteiger partial charge in [0, 0.05) is 44.0 Å². The lowest BCUT2D eigenvalue weighted by Crippen LogP contribution is -2.54. The molecule has 2 fully saturated rings. The average molecular weight is 404 g/mol. The number of imide groups is 1. The molecular formula is C18H24N6O5. The van der Waals surface area contributed by atoms with E-state index in [0.717, 1.165) is 10.7 Å². The second-order valence-corrected chi connectivity index (χ2v) is 7.33. The molecular weight excluding hydrogens is 380 g/mol. The summed E-state index contributed by atoms with van der Waals surface area (Å²) in [7, 11) is 0. The number of hydrogen-bond donors (Lipinski definition) is 2. The van der Waals surface area contributed by atoms with Crippen LogP contribution in [0.2, 0.25) is 0 Å². The number of carbonyl (C=O) groups excluding carboxylic acids is 3. The maximum Gasteiger partial charge on any atom is 0.344 e. The fourth-order valence-electron chi connectivity index (χ4n) is 3.34. The van der Waals surface area contributed by atoms with E-state index in [4.69, 9.17) is 0 Å². The van der Waals surface area contributed by atoms with Gasteiger partial charge in [-0.25, -0.2) is 4.79 Å². The average Bonchev–Trinajstić information content (AvgIpc) is 2.92. The summed E-state index contributed by atoms with van der Waals surface area (Å²) in [5.41, 5.74) is 2.32. The smallest absolute Gasteiger partial charge is 0.344 e. The summed E-state index contributed by atoms with van der Waals surface area (Å²) < 4.78 is 0. The van der Waals surface area contributed by atoms with Gasteiger partial charge in [-0.3, -0.25) is 30.0 Å². The zero-order chi connectivity index (χ0) is 21.2. The van der Waals surface area contributed by atoms with Gasteiger partial charge in [-0.05, 0) is 25.5 Å². The van der Waals surface area contributed by atoms with Crippen LogP contribution in [0.4, 0.5) is 16.2 Å². The minimum absolute atomic E-state index is 0.0451. The van der Waals surface area contributed by atoms with Gasteiger partial charge in [0.2, 0.25) is 0 Å². The first kappa shape index (κ1) is 20.5. The van der Waals surface area contributed by atoms with E-state index >= 15 is 0 Å². The molecule has 0 saturated carbocycles. The molecule has 156 valence electrons. The molecule has 0 radical (unpaired) electrons. The normalized spacial score (nSPS) is 22.6. The van der Waals surface area contributed by atoms with Crippen LogP contribution in [0.3, 0.4) is 0 Å². The van der Waals surface area contributed by atoms with E-state index in [1.807, 2.05) is 4.90 Å². The maximum absolute atomic E-state index is 12.3. The van der Waals surface area contributed by atoms with Crippen molar-refractivity contribution < 1.29 is 19.3 Å². The first-order valence-electron chi connectivity index (χ1n) is 9.41.